The van der Waals surface area contributed by atoms with Crippen molar-refractivity contribution in [1.82, 2.24) is 29.6 Å². The zero-order valence-electron chi connectivity index (χ0n) is 21.6. The van der Waals surface area contributed by atoms with E-state index in [2.05, 4.69) is 66.7 Å². The van der Waals surface area contributed by atoms with Gasteiger partial charge in [-0.25, -0.2) is 4.98 Å². The highest BCUT2D eigenvalue weighted by Crippen LogP contribution is 2.49. The van der Waals surface area contributed by atoms with Gasteiger partial charge in [0.15, 0.2) is 5.52 Å². The van der Waals surface area contributed by atoms with Gasteiger partial charge in [-0.1, -0.05) is 6.07 Å². The van der Waals surface area contributed by atoms with Crippen LogP contribution in [0.3, 0.4) is 0 Å². The Balaban J connectivity index is 1.61. The Labute approximate surface area is 201 Å². The van der Waals surface area contributed by atoms with Gasteiger partial charge < -0.3 is 9.72 Å². The van der Waals surface area contributed by atoms with Crippen LogP contribution >= 0.6 is 0 Å². The van der Waals surface area contributed by atoms with Gasteiger partial charge in [0.05, 0.1) is 11.8 Å². The summed E-state index contributed by atoms with van der Waals surface area (Å²) in [6.45, 7) is 15.6. The fourth-order valence-electron chi connectivity index (χ4n) is 5.48. The Morgan fingerprint density at radius 3 is 2.65 bits per heavy atom. The number of H-pyrrole nitrogens is 1. The van der Waals surface area contributed by atoms with Crippen LogP contribution in [0.2, 0.25) is 0 Å². The van der Waals surface area contributed by atoms with Gasteiger partial charge in [-0.2, -0.15) is 5.10 Å². The summed E-state index contributed by atoms with van der Waals surface area (Å²) in [6, 6.07) is 4.27. The fourth-order valence-corrected chi connectivity index (χ4v) is 5.48. The third kappa shape index (κ3) is 4.29. The van der Waals surface area contributed by atoms with Gasteiger partial charge in [0.25, 0.3) is 5.56 Å². The van der Waals surface area contributed by atoms with Crippen molar-refractivity contribution >= 4 is 11.0 Å². The summed E-state index contributed by atoms with van der Waals surface area (Å²) in [7, 11) is 1.76. The van der Waals surface area contributed by atoms with E-state index in [-0.39, 0.29) is 22.1 Å². The molecule has 0 aliphatic carbocycles. The molecular weight excluding hydrogens is 428 g/mol. The van der Waals surface area contributed by atoms with Crippen LogP contribution in [0.15, 0.2) is 29.3 Å². The second-order valence-corrected chi connectivity index (χ2v) is 10.7. The molecule has 3 aromatic heterocycles. The van der Waals surface area contributed by atoms with E-state index in [1.165, 1.54) is 5.56 Å². The van der Waals surface area contributed by atoms with E-state index in [0.29, 0.717) is 29.9 Å². The van der Waals surface area contributed by atoms with Crippen molar-refractivity contribution in [1.29, 1.82) is 0 Å². The van der Waals surface area contributed by atoms with Gasteiger partial charge in [-0.15, -0.1) is 0 Å². The minimum atomic E-state index is -0.323. The monoisotopic (exact) mass is 466 g/mol. The number of fused-ring (bicyclic) bond motifs is 1. The number of hydrogen-bond donors (Lipinski definition) is 1. The van der Waals surface area contributed by atoms with Crippen molar-refractivity contribution in [2.45, 2.75) is 71.9 Å². The molecule has 8 heteroatoms. The Kier molecular flexibility index (Phi) is 6.42. The highest BCUT2D eigenvalue weighted by molar-refractivity contribution is 5.72. The van der Waals surface area contributed by atoms with Crippen LogP contribution in [0.25, 0.3) is 11.0 Å². The fraction of sp³-hybridized carbons (Fsp3) is 0.615. The molecule has 1 N–H and O–H groups in total. The number of aromatic nitrogens is 5. The molecule has 1 saturated heterocycles. The average molecular weight is 467 g/mol. The molecule has 4 heterocycles. The number of pyridine rings is 1. The summed E-state index contributed by atoms with van der Waals surface area (Å²) >= 11 is 0. The summed E-state index contributed by atoms with van der Waals surface area (Å²) in [5, 5.41) is 4.19. The van der Waals surface area contributed by atoms with Crippen molar-refractivity contribution in [3.63, 3.8) is 0 Å². The molecule has 184 valence electrons. The number of rotatable bonds is 8. The third-order valence-electron chi connectivity index (χ3n) is 8.03. The van der Waals surface area contributed by atoms with E-state index < -0.39 is 0 Å². The topological polar surface area (TPSA) is 88.9 Å². The number of aryl methyl sites for hydroxylation is 3. The van der Waals surface area contributed by atoms with E-state index in [4.69, 9.17) is 9.72 Å². The maximum Gasteiger partial charge on any atom is 0.277 e. The SMILES string of the molecule is CCOC(C)(C)C1(CCc2nc3cnn(C)c3c(=O)[nH]2)CCN(C(C)(C)c2ccc(C)nc2)C1. The molecule has 8 nitrogen and oxygen atoms in total. The van der Waals surface area contributed by atoms with Gasteiger partial charge in [-0.3, -0.25) is 19.4 Å². The molecule has 1 unspecified atom stereocenters. The Morgan fingerprint density at radius 1 is 1.21 bits per heavy atom. The van der Waals surface area contributed by atoms with Crippen molar-refractivity contribution < 1.29 is 4.74 Å². The minimum absolute atomic E-state index is 0.0825. The molecule has 0 amide bonds. The first kappa shape index (κ1) is 24.5. The molecule has 0 spiro atoms. The molecule has 3 aromatic rings. The molecule has 0 saturated carbocycles. The minimum Gasteiger partial charge on any atom is -0.375 e. The smallest absolute Gasteiger partial charge is 0.277 e. The van der Waals surface area contributed by atoms with E-state index >= 15 is 0 Å². The first-order chi connectivity index (χ1) is 16.0. The Hall–Kier alpha value is -2.58. The van der Waals surface area contributed by atoms with Crippen molar-refractivity contribution in [3.05, 3.63) is 52.0 Å². The molecule has 1 aliphatic rings. The predicted molar refractivity (Wildman–Crippen MR) is 134 cm³/mol. The normalized spacial score (nSPS) is 19.9. The van der Waals surface area contributed by atoms with Gasteiger partial charge in [0.2, 0.25) is 0 Å². The summed E-state index contributed by atoms with van der Waals surface area (Å²) < 4.78 is 7.91. The third-order valence-corrected chi connectivity index (χ3v) is 8.03. The lowest BCUT2D eigenvalue weighted by atomic mass is 9.69. The molecule has 4 rings (SSSR count). The van der Waals surface area contributed by atoms with E-state index in [1.54, 1.807) is 17.9 Å². The Bertz CT molecular complexity index is 1210. The molecule has 1 atom stereocenters. The second kappa shape index (κ2) is 8.89. The van der Waals surface area contributed by atoms with Crippen LogP contribution in [0.4, 0.5) is 0 Å². The lowest BCUT2D eigenvalue weighted by molar-refractivity contribution is -0.109. The van der Waals surface area contributed by atoms with E-state index in [0.717, 1.165) is 31.6 Å². The zero-order valence-corrected chi connectivity index (χ0v) is 21.6. The average Bonchev–Trinajstić information content (AvgIpc) is 3.38. The van der Waals surface area contributed by atoms with Crippen LogP contribution in [-0.4, -0.2) is 54.9 Å². The van der Waals surface area contributed by atoms with Crippen LogP contribution in [0, 0.1) is 12.3 Å². The molecule has 0 bridgehead atoms. The quantitative estimate of drug-likeness (QED) is 0.544. The van der Waals surface area contributed by atoms with Gasteiger partial charge in [-0.05, 0) is 72.6 Å². The first-order valence-electron chi connectivity index (χ1n) is 12.2. The van der Waals surface area contributed by atoms with Crippen LogP contribution in [0.5, 0.6) is 0 Å². The van der Waals surface area contributed by atoms with Gasteiger partial charge in [0, 0.05) is 49.5 Å². The van der Waals surface area contributed by atoms with E-state index in [1.807, 2.05) is 13.1 Å². The van der Waals surface area contributed by atoms with Crippen LogP contribution < -0.4 is 5.56 Å². The molecule has 0 aromatic carbocycles. The van der Waals surface area contributed by atoms with Gasteiger partial charge in [0.1, 0.15) is 11.3 Å². The number of nitrogens with one attached hydrogen (secondary N) is 1. The maximum atomic E-state index is 12.6. The standard InChI is InChI=1S/C26H38N6O2/c1-8-34-25(5,6)26(12-11-21-29-20-16-28-31(7)22(20)23(33)30-21)13-14-32(17-26)24(3,4)19-10-9-18(2)27-15-19/h9-10,15-16H,8,11-14,17H2,1-7H3,(H,29,30,33). The van der Waals surface area contributed by atoms with Crippen molar-refractivity contribution in [2.24, 2.45) is 12.5 Å². The molecule has 1 aliphatic heterocycles. The highest BCUT2D eigenvalue weighted by Gasteiger charge is 2.52. The molecule has 1 fully saturated rings. The second-order valence-electron chi connectivity index (χ2n) is 10.7. The van der Waals surface area contributed by atoms with Crippen molar-refractivity contribution in [2.75, 3.05) is 19.7 Å². The molecule has 34 heavy (non-hydrogen) atoms. The first-order valence-corrected chi connectivity index (χ1v) is 12.2. The number of likely N-dealkylation sites (tertiary alicyclic amines) is 1. The lowest BCUT2D eigenvalue weighted by Crippen LogP contribution is -2.50. The maximum absolute atomic E-state index is 12.6. The lowest BCUT2D eigenvalue weighted by Gasteiger charge is -2.46. The zero-order chi connectivity index (χ0) is 24.7. The number of nitrogens with zero attached hydrogens (tertiary/aromatic N) is 5. The summed E-state index contributed by atoms with van der Waals surface area (Å²) in [5.41, 5.74) is 2.70. The summed E-state index contributed by atoms with van der Waals surface area (Å²) in [4.78, 5) is 27.4. The molecule has 0 radical (unpaired) electrons. The summed E-state index contributed by atoms with van der Waals surface area (Å²) in [6.07, 6.45) is 6.22. The van der Waals surface area contributed by atoms with E-state index in [9.17, 15) is 4.79 Å². The number of aromatic amines is 1. The summed E-state index contributed by atoms with van der Waals surface area (Å²) in [5.74, 6) is 0.706. The Morgan fingerprint density at radius 2 is 1.97 bits per heavy atom. The number of hydrogen-bond acceptors (Lipinski definition) is 6. The number of ether oxygens (including phenoxy) is 1. The predicted octanol–water partition coefficient (Wildman–Crippen LogP) is 3.74. The molecular formula is C26H38N6O2. The van der Waals surface area contributed by atoms with Crippen molar-refractivity contribution in [3.8, 4) is 0 Å². The van der Waals surface area contributed by atoms with Crippen LogP contribution in [0.1, 0.15) is 64.5 Å². The van der Waals surface area contributed by atoms with Gasteiger partial charge >= 0.3 is 0 Å². The largest absolute Gasteiger partial charge is 0.375 e. The van der Waals surface area contributed by atoms with Crippen LogP contribution in [-0.2, 0) is 23.7 Å². The highest BCUT2D eigenvalue weighted by atomic mass is 16.5.